The molecule has 7 aromatic carbocycles. The van der Waals surface area contributed by atoms with Crippen molar-refractivity contribution in [1.29, 1.82) is 0 Å². The van der Waals surface area contributed by atoms with Gasteiger partial charge in [-0.2, -0.15) is 0 Å². The van der Waals surface area contributed by atoms with Gasteiger partial charge in [0.25, 0.3) is 0 Å². The molecule has 0 aliphatic heterocycles. The Balaban J connectivity index is 1.25. The first-order valence-electron chi connectivity index (χ1n) is 17.2. The van der Waals surface area contributed by atoms with E-state index in [0.29, 0.717) is 5.82 Å². The summed E-state index contributed by atoms with van der Waals surface area (Å²) in [7, 11) is 0. The number of nitrogens with zero attached hydrogens (tertiary/aromatic N) is 4. The molecular formula is C46H28N4O. The lowest BCUT2D eigenvalue weighted by Crippen LogP contribution is -2.02. The zero-order valence-electron chi connectivity index (χ0n) is 27.4. The lowest BCUT2D eigenvalue weighted by molar-refractivity contribution is 0.666. The van der Waals surface area contributed by atoms with E-state index in [9.17, 15) is 0 Å². The van der Waals surface area contributed by atoms with Crippen LogP contribution in [0.1, 0.15) is 0 Å². The third kappa shape index (κ3) is 4.09. The quantitative estimate of drug-likeness (QED) is 0.190. The fraction of sp³-hybridized carbons (Fsp3) is 0. The number of aromatic nitrogens is 4. The molecule has 0 atom stereocenters. The SMILES string of the molecule is c1ccc(-c2cc(-n3c4ccccc4c4c5c6ccccc6n(-c6cccc7c6oc6ccccc67)c5ccc43)nc(-c3ccccc3)n2)cc1. The predicted molar refractivity (Wildman–Crippen MR) is 209 cm³/mol. The Labute approximate surface area is 292 Å². The van der Waals surface area contributed by atoms with Crippen molar-refractivity contribution < 1.29 is 4.42 Å². The summed E-state index contributed by atoms with van der Waals surface area (Å²) in [5.74, 6) is 1.51. The first kappa shape index (κ1) is 27.9. The minimum atomic E-state index is 0.689. The van der Waals surface area contributed by atoms with Gasteiger partial charge in [0.15, 0.2) is 11.4 Å². The van der Waals surface area contributed by atoms with Gasteiger partial charge >= 0.3 is 0 Å². The highest BCUT2D eigenvalue weighted by Gasteiger charge is 2.23. The first-order chi connectivity index (χ1) is 25.3. The van der Waals surface area contributed by atoms with Crippen LogP contribution in [-0.4, -0.2) is 19.1 Å². The van der Waals surface area contributed by atoms with Gasteiger partial charge in [-0.25, -0.2) is 9.97 Å². The minimum absolute atomic E-state index is 0.689. The number of hydrogen-bond acceptors (Lipinski definition) is 3. The van der Waals surface area contributed by atoms with Crippen LogP contribution in [0.2, 0.25) is 0 Å². The molecule has 4 heterocycles. The van der Waals surface area contributed by atoms with E-state index in [1.807, 2.05) is 36.4 Å². The zero-order valence-corrected chi connectivity index (χ0v) is 27.4. The Kier molecular flexibility index (Phi) is 5.89. The number of para-hydroxylation sites is 4. The van der Waals surface area contributed by atoms with Gasteiger partial charge in [0.05, 0.1) is 33.4 Å². The summed E-state index contributed by atoms with van der Waals surface area (Å²) in [6.45, 7) is 0. The third-order valence-corrected chi connectivity index (χ3v) is 10.1. The molecule has 0 fully saturated rings. The normalized spacial score (nSPS) is 11.9. The van der Waals surface area contributed by atoms with E-state index in [4.69, 9.17) is 14.4 Å². The van der Waals surface area contributed by atoms with Crippen LogP contribution in [0.25, 0.3) is 99.7 Å². The smallest absolute Gasteiger partial charge is 0.162 e. The van der Waals surface area contributed by atoms with Crippen LogP contribution in [0.4, 0.5) is 0 Å². The summed E-state index contributed by atoms with van der Waals surface area (Å²) in [6.07, 6.45) is 0. The van der Waals surface area contributed by atoms with E-state index in [1.54, 1.807) is 0 Å². The molecule has 0 saturated heterocycles. The van der Waals surface area contributed by atoms with Crippen LogP contribution in [0, 0.1) is 0 Å². The second-order valence-corrected chi connectivity index (χ2v) is 13.0. The van der Waals surface area contributed by atoms with Gasteiger partial charge in [-0.05, 0) is 36.4 Å². The monoisotopic (exact) mass is 652 g/mol. The predicted octanol–water partition coefficient (Wildman–Crippen LogP) is 11.9. The third-order valence-electron chi connectivity index (χ3n) is 10.1. The standard InChI is InChI=1S/C46H28N4O/c1-3-14-29(15-4-1)35-28-42(48-46(47-35)30-16-5-2-6-17-30)50-37-23-11-8-20-34(37)44-39(50)27-26-38-43(44)33-19-7-10-22-36(33)49(38)40-24-13-21-32-31-18-9-12-25-41(31)51-45(32)40/h1-28H. The number of fused-ring (bicyclic) bond motifs is 10. The highest BCUT2D eigenvalue weighted by Crippen LogP contribution is 2.44. The summed E-state index contributed by atoms with van der Waals surface area (Å²) in [6, 6.07) is 59.3. The van der Waals surface area contributed by atoms with Crippen molar-refractivity contribution in [1.82, 2.24) is 19.1 Å². The largest absolute Gasteiger partial charge is 0.454 e. The maximum Gasteiger partial charge on any atom is 0.162 e. The van der Waals surface area contributed by atoms with Crippen molar-refractivity contribution in [2.75, 3.05) is 0 Å². The van der Waals surface area contributed by atoms with Crippen LogP contribution in [0.15, 0.2) is 174 Å². The van der Waals surface area contributed by atoms with Crippen molar-refractivity contribution in [2.45, 2.75) is 0 Å². The summed E-state index contributed by atoms with van der Waals surface area (Å²) in [4.78, 5) is 10.3. The number of rotatable bonds is 4. The van der Waals surface area contributed by atoms with Gasteiger partial charge in [0, 0.05) is 49.5 Å². The highest BCUT2D eigenvalue weighted by atomic mass is 16.3. The second-order valence-electron chi connectivity index (χ2n) is 13.0. The average molecular weight is 653 g/mol. The molecule has 238 valence electrons. The fourth-order valence-corrected chi connectivity index (χ4v) is 7.96. The summed E-state index contributed by atoms with van der Waals surface area (Å²) in [5.41, 5.74) is 10.1. The number of benzene rings is 7. The molecule has 4 aromatic heterocycles. The Morgan fingerprint density at radius 2 is 0.980 bits per heavy atom. The summed E-state index contributed by atoms with van der Waals surface area (Å²) in [5, 5.41) is 6.98. The molecule has 0 radical (unpaired) electrons. The highest BCUT2D eigenvalue weighted by molar-refractivity contribution is 6.29. The molecule has 0 saturated carbocycles. The van der Waals surface area contributed by atoms with Crippen molar-refractivity contribution in [3.63, 3.8) is 0 Å². The Hall–Kier alpha value is -6.98. The van der Waals surface area contributed by atoms with Crippen molar-refractivity contribution >= 4 is 65.6 Å². The molecule has 0 aliphatic rings. The van der Waals surface area contributed by atoms with Gasteiger partial charge in [-0.15, -0.1) is 0 Å². The molecule has 0 bridgehead atoms. The van der Waals surface area contributed by atoms with Gasteiger partial charge in [-0.3, -0.25) is 4.57 Å². The maximum absolute atomic E-state index is 6.58. The van der Waals surface area contributed by atoms with Gasteiger partial charge in [-0.1, -0.05) is 127 Å². The van der Waals surface area contributed by atoms with E-state index in [0.717, 1.165) is 72.3 Å². The Bertz CT molecular complexity index is 3080. The van der Waals surface area contributed by atoms with E-state index >= 15 is 0 Å². The average Bonchev–Trinajstić information content (AvgIpc) is 3.86. The van der Waals surface area contributed by atoms with E-state index in [2.05, 4.69) is 143 Å². The van der Waals surface area contributed by atoms with Crippen molar-refractivity contribution in [3.05, 3.63) is 170 Å². The summed E-state index contributed by atoms with van der Waals surface area (Å²) >= 11 is 0. The number of furan rings is 1. The molecule has 11 aromatic rings. The molecule has 0 aliphatic carbocycles. The van der Waals surface area contributed by atoms with E-state index in [-0.39, 0.29) is 0 Å². The van der Waals surface area contributed by atoms with Crippen LogP contribution >= 0.6 is 0 Å². The van der Waals surface area contributed by atoms with Crippen LogP contribution < -0.4 is 0 Å². The van der Waals surface area contributed by atoms with Crippen LogP contribution in [-0.2, 0) is 0 Å². The first-order valence-corrected chi connectivity index (χ1v) is 17.2. The van der Waals surface area contributed by atoms with E-state index < -0.39 is 0 Å². The lowest BCUT2D eigenvalue weighted by atomic mass is 10.1. The molecule has 51 heavy (non-hydrogen) atoms. The number of hydrogen-bond donors (Lipinski definition) is 0. The topological polar surface area (TPSA) is 48.8 Å². The molecule has 0 spiro atoms. The Morgan fingerprint density at radius 1 is 0.412 bits per heavy atom. The molecule has 0 unspecified atom stereocenters. The molecule has 5 heteroatoms. The molecule has 0 N–H and O–H groups in total. The van der Waals surface area contributed by atoms with Crippen molar-refractivity contribution in [3.8, 4) is 34.2 Å². The van der Waals surface area contributed by atoms with Crippen molar-refractivity contribution in [2.24, 2.45) is 0 Å². The molecule has 0 amide bonds. The fourth-order valence-electron chi connectivity index (χ4n) is 7.96. The van der Waals surface area contributed by atoms with Gasteiger partial charge in [0.1, 0.15) is 11.4 Å². The molecule has 11 rings (SSSR count). The zero-order chi connectivity index (χ0) is 33.5. The summed E-state index contributed by atoms with van der Waals surface area (Å²) < 4.78 is 11.3. The maximum atomic E-state index is 6.58. The molecule has 5 nitrogen and oxygen atoms in total. The minimum Gasteiger partial charge on any atom is -0.454 e. The van der Waals surface area contributed by atoms with E-state index in [1.165, 1.54) is 21.5 Å². The Morgan fingerprint density at radius 3 is 1.71 bits per heavy atom. The van der Waals surface area contributed by atoms with Gasteiger partial charge in [0.2, 0.25) is 0 Å². The van der Waals surface area contributed by atoms with Crippen LogP contribution in [0.3, 0.4) is 0 Å². The molecular weight excluding hydrogens is 625 g/mol. The second kappa shape index (κ2) is 10.8. The van der Waals surface area contributed by atoms with Crippen LogP contribution in [0.5, 0.6) is 0 Å². The van der Waals surface area contributed by atoms with Gasteiger partial charge < -0.3 is 8.98 Å². The lowest BCUT2D eigenvalue weighted by Gasteiger charge is -2.12.